The van der Waals surface area contributed by atoms with Crippen molar-refractivity contribution in [3.63, 3.8) is 0 Å². The second-order valence-electron chi connectivity index (χ2n) is 7.71. The van der Waals surface area contributed by atoms with Crippen LogP contribution in [0.2, 0.25) is 0 Å². The van der Waals surface area contributed by atoms with Gasteiger partial charge in [0.05, 0.1) is 24.8 Å². The van der Waals surface area contributed by atoms with Crippen molar-refractivity contribution in [2.45, 2.75) is 37.3 Å². The monoisotopic (exact) mass is 446 g/mol. The molecule has 0 aromatic heterocycles. The minimum atomic E-state index is -3.69. The number of carbonyl (C=O) groups excluding carboxylic acids is 1. The van der Waals surface area contributed by atoms with Crippen LogP contribution >= 0.6 is 0 Å². The van der Waals surface area contributed by atoms with Crippen LogP contribution in [0, 0.1) is 6.92 Å². The smallest absolute Gasteiger partial charge is 0.414 e. The molecular formula is C22H26N2O6S. The predicted octanol–water partition coefficient (Wildman–Crippen LogP) is 3.32. The third-order valence-electron chi connectivity index (χ3n) is 5.82. The van der Waals surface area contributed by atoms with Crippen LogP contribution in [0.25, 0.3) is 0 Å². The van der Waals surface area contributed by atoms with Crippen molar-refractivity contribution in [1.29, 1.82) is 0 Å². The molecule has 1 amide bonds. The number of benzene rings is 2. The summed E-state index contributed by atoms with van der Waals surface area (Å²) in [6.07, 6.45) is 0.668. The Balaban J connectivity index is 1.52. The van der Waals surface area contributed by atoms with Crippen LogP contribution in [0.3, 0.4) is 0 Å². The molecule has 4 rings (SSSR count). The lowest BCUT2D eigenvalue weighted by Crippen LogP contribution is -2.50. The molecule has 0 saturated carbocycles. The lowest BCUT2D eigenvalue weighted by atomic mass is 10.0. The van der Waals surface area contributed by atoms with Gasteiger partial charge in [0, 0.05) is 30.8 Å². The molecule has 31 heavy (non-hydrogen) atoms. The summed E-state index contributed by atoms with van der Waals surface area (Å²) in [5.74, 6) is 0.832. The molecule has 1 saturated heterocycles. The molecule has 9 heteroatoms. The zero-order valence-corrected chi connectivity index (χ0v) is 18.6. The minimum Gasteiger partial charge on any atom is -0.493 e. The number of hydrogen-bond acceptors (Lipinski definition) is 6. The maximum atomic E-state index is 13.2. The number of piperidine rings is 1. The van der Waals surface area contributed by atoms with Crippen LogP contribution in [-0.4, -0.2) is 52.2 Å². The number of aryl methyl sites for hydroxylation is 1. The Morgan fingerprint density at radius 3 is 2.39 bits per heavy atom. The van der Waals surface area contributed by atoms with E-state index < -0.39 is 10.0 Å². The van der Waals surface area contributed by atoms with Crippen LogP contribution in [0.15, 0.2) is 41.3 Å². The fourth-order valence-corrected chi connectivity index (χ4v) is 5.67. The van der Waals surface area contributed by atoms with Gasteiger partial charge in [-0.25, -0.2) is 13.2 Å². The summed E-state index contributed by atoms with van der Waals surface area (Å²) in [6.45, 7) is 2.88. The average molecular weight is 447 g/mol. The Morgan fingerprint density at radius 1 is 1.00 bits per heavy atom. The Hall–Kier alpha value is -2.78. The van der Waals surface area contributed by atoms with E-state index in [9.17, 15) is 13.2 Å². The number of hydrogen-bond donors (Lipinski definition) is 0. The van der Waals surface area contributed by atoms with E-state index in [2.05, 4.69) is 0 Å². The highest BCUT2D eigenvalue weighted by atomic mass is 32.2. The van der Waals surface area contributed by atoms with Crippen molar-refractivity contribution in [1.82, 2.24) is 4.31 Å². The normalized spacial score (nSPS) is 17.8. The largest absolute Gasteiger partial charge is 0.493 e. The first-order chi connectivity index (χ1) is 14.8. The molecule has 2 aliphatic rings. The molecule has 166 valence electrons. The zero-order valence-electron chi connectivity index (χ0n) is 17.8. The summed E-state index contributed by atoms with van der Waals surface area (Å²) < 4.78 is 43.6. The molecule has 0 radical (unpaired) electrons. The number of anilines is 1. The molecule has 2 aromatic rings. The molecule has 0 spiro atoms. The minimum absolute atomic E-state index is 0.119. The van der Waals surface area contributed by atoms with Gasteiger partial charge in [-0.15, -0.1) is 0 Å². The Bertz CT molecular complexity index is 1090. The number of ether oxygens (including phenoxy) is 3. The third-order valence-corrected chi connectivity index (χ3v) is 7.72. The lowest BCUT2D eigenvalue weighted by molar-refractivity contribution is 0.135. The summed E-state index contributed by atoms with van der Waals surface area (Å²) in [7, 11) is -0.719. The number of carbonyl (C=O) groups is 1. The van der Waals surface area contributed by atoms with E-state index in [0.717, 1.165) is 16.8 Å². The second kappa shape index (κ2) is 8.39. The fraction of sp³-hybridized carbons (Fsp3) is 0.409. The van der Waals surface area contributed by atoms with Gasteiger partial charge in [0.15, 0.2) is 11.5 Å². The highest BCUT2D eigenvalue weighted by Crippen LogP contribution is 2.35. The molecule has 0 bridgehead atoms. The molecule has 0 atom stereocenters. The van der Waals surface area contributed by atoms with Gasteiger partial charge < -0.3 is 14.2 Å². The molecule has 8 nitrogen and oxygen atoms in total. The summed E-state index contributed by atoms with van der Waals surface area (Å²) in [6, 6.07) is 10.4. The maximum Gasteiger partial charge on any atom is 0.414 e. The number of amides is 1. The zero-order chi connectivity index (χ0) is 22.2. The maximum absolute atomic E-state index is 13.2. The van der Waals surface area contributed by atoms with Gasteiger partial charge in [-0.3, -0.25) is 4.90 Å². The summed E-state index contributed by atoms with van der Waals surface area (Å²) >= 11 is 0. The Labute approximate surface area is 182 Å². The molecule has 0 N–H and O–H groups in total. The van der Waals surface area contributed by atoms with Crippen molar-refractivity contribution in [2.24, 2.45) is 0 Å². The van der Waals surface area contributed by atoms with Crippen LogP contribution in [0.1, 0.15) is 24.0 Å². The van der Waals surface area contributed by atoms with E-state index in [0.29, 0.717) is 37.4 Å². The first-order valence-corrected chi connectivity index (χ1v) is 11.6. The van der Waals surface area contributed by atoms with Crippen molar-refractivity contribution in [3.8, 4) is 11.5 Å². The van der Waals surface area contributed by atoms with E-state index in [1.807, 2.05) is 25.1 Å². The fourth-order valence-electron chi connectivity index (χ4n) is 4.18. The van der Waals surface area contributed by atoms with E-state index in [1.165, 1.54) is 30.7 Å². The van der Waals surface area contributed by atoms with E-state index in [1.54, 1.807) is 11.0 Å². The molecule has 2 aromatic carbocycles. The number of rotatable bonds is 5. The molecule has 2 heterocycles. The number of nitrogens with zero attached hydrogens (tertiary/aromatic N) is 2. The van der Waals surface area contributed by atoms with Crippen LogP contribution < -0.4 is 14.4 Å². The number of cyclic esters (lactones) is 1. The molecule has 0 unspecified atom stereocenters. The number of sulfonamides is 1. The lowest BCUT2D eigenvalue weighted by Gasteiger charge is -2.39. The second-order valence-corrected chi connectivity index (χ2v) is 9.65. The molecular weight excluding hydrogens is 420 g/mol. The van der Waals surface area contributed by atoms with Crippen molar-refractivity contribution in [2.75, 3.05) is 32.2 Å². The number of fused-ring (bicyclic) bond motifs is 1. The summed E-state index contributed by atoms with van der Waals surface area (Å²) in [5, 5.41) is 0. The average Bonchev–Trinajstić information content (AvgIpc) is 2.78. The van der Waals surface area contributed by atoms with Gasteiger partial charge >= 0.3 is 6.09 Å². The highest BCUT2D eigenvalue weighted by molar-refractivity contribution is 7.89. The Morgan fingerprint density at radius 2 is 1.71 bits per heavy atom. The highest BCUT2D eigenvalue weighted by Gasteiger charge is 2.37. The van der Waals surface area contributed by atoms with E-state index >= 15 is 0 Å². The van der Waals surface area contributed by atoms with Crippen molar-refractivity contribution < 1.29 is 27.4 Å². The summed E-state index contributed by atoms with van der Waals surface area (Å²) in [4.78, 5) is 14.4. The van der Waals surface area contributed by atoms with Gasteiger partial charge in [-0.1, -0.05) is 17.7 Å². The topological polar surface area (TPSA) is 85.4 Å². The van der Waals surface area contributed by atoms with Crippen LogP contribution in [0.4, 0.5) is 10.5 Å². The Kier molecular flexibility index (Phi) is 5.81. The van der Waals surface area contributed by atoms with Crippen molar-refractivity contribution >= 4 is 21.8 Å². The molecule has 1 fully saturated rings. The number of methoxy groups -OCH3 is 2. The predicted molar refractivity (Wildman–Crippen MR) is 115 cm³/mol. The van der Waals surface area contributed by atoms with Gasteiger partial charge in [0.1, 0.15) is 6.61 Å². The first kappa shape index (κ1) is 21.5. The van der Waals surface area contributed by atoms with Gasteiger partial charge in [0.2, 0.25) is 10.0 Å². The van der Waals surface area contributed by atoms with Crippen LogP contribution in [-0.2, 0) is 21.4 Å². The van der Waals surface area contributed by atoms with Gasteiger partial charge in [0.25, 0.3) is 0 Å². The standard InChI is InChI=1S/C22H26N2O6S/c1-15-4-6-19-16(12-15)14-30-22(25)24(19)17-8-10-23(11-9-17)31(26,27)18-5-7-20(28-2)21(13-18)29-3/h4-7,12-13,17H,8-11,14H2,1-3H3. The van der Waals surface area contributed by atoms with E-state index in [4.69, 9.17) is 14.2 Å². The van der Waals surface area contributed by atoms with Crippen molar-refractivity contribution in [3.05, 3.63) is 47.5 Å². The van der Waals surface area contributed by atoms with Crippen LogP contribution in [0.5, 0.6) is 11.5 Å². The van der Waals surface area contributed by atoms with Gasteiger partial charge in [-0.2, -0.15) is 4.31 Å². The van der Waals surface area contributed by atoms with E-state index in [-0.39, 0.29) is 23.6 Å². The third kappa shape index (κ3) is 3.95. The summed E-state index contributed by atoms with van der Waals surface area (Å²) in [5.41, 5.74) is 2.93. The quantitative estimate of drug-likeness (QED) is 0.701. The molecule has 0 aliphatic carbocycles. The molecule has 2 aliphatic heterocycles. The SMILES string of the molecule is COc1ccc(S(=O)(=O)N2CCC(N3C(=O)OCc4cc(C)ccc43)CC2)cc1OC. The van der Waals surface area contributed by atoms with Gasteiger partial charge in [-0.05, 0) is 38.0 Å². The first-order valence-electron chi connectivity index (χ1n) is 10.1.